The van der Waals surface area contributed by atoms with Gasteiger partial charge in [0.05, 0.1) is 41.1 Å². The number of hydrogen-bond donors (Lipinski definition) is 2. The number of para-hydroxylation sites is 1. The SMILES string of the molecule is Cc1nccnc1C(=O)N[C@H](C)c1nc2cccc(C#CCNS(C)(=O)=O)c2c(=O)n1-c1ccccc1. The molecule has 11 heteroatoms. The van der Waals surface area contributed by atoms with Crippen LogP contribution in [0.3, 0.4) is 0 Å². The molecule has 10 nitrogen and oxygen atoms in total. The van der Waals surface area contributed by atoms with Gasteiger partial charge in [0.15, 0.2) is 0 Å². The Labute approximate surface area is 213 Å². The van der Waals surface area contributed by atoms with Gasteiger partial charge in [0.2, 0.25) is 10.0 Å². The van der Waals surface area contributed by atoms with Gasteiger partial charge in [-0.3, -0.25) is 19.1 Å². The van der Waals surface area contributed by atoms with E-state index in [4.69, 9.17) is 4.98 Å². The van der Waals surface area contributed by atoms with Crippen LogP contribution in [0, 0.1) is 18.8 Å². The van der Waals surface area contributed by atoms with E-state index in [1.807, 2.05) is 6.07 Å². The molecule has 0 aliphatic heterocycles. The van der Waals surface area contributed by atoms with Crippen molar-refractivity contribution in [1.82, 2.24) is 29.6 Å². The Hall–Kier alpha value is -4.40. The molecular formula is C26H24N6O4S. The third-order valence-electron chi connectivity index (χ3n) is 5.41. The summed E-state index contributed by atoms with van der Waals surface area (Å²) in [5, 5.41) is 3.15. The lowest BCUT2D eigenvalue weighted by Gasteiger charge is -2.20. The van der Waals surface area contributed by atoms with Crippen molar-refractivity contribution in [2.24, 2.45) is 0 Å². The maximum absolute atomic E-state index is 13.9. The van der Waals surface area contributed by atoms with Gasteiger partial charge in [-0.2, -0.15) is 0 Å². The molecule has 1 atom stereocenters. The van der Waals surface area contributed by atoms with E-state index < -0.39 is 22.0 Å². The summed E-state index contributed by atoms with van der Waals surface area (Å²) in [5.74, 6) is 5.49. The first kappa shape index (κ1) is 25.7. The molecule has 0 radical (unpaired) electrons. The zero-order chi connectivity index (χ0) is 26.6. The summed E-state index contributed by atoms with van der Waals surface area (Å²) in [6, 6.07) is 13.4. The van der Waals surface area contributed by atoms with E-state index in [0.29, 0.717) is 28.3 Å². The van der Waals surface area contributed by atoms with Gasteiger partial charge in [0.25, 0.3) is 11.5 Å². The summed E-state index contributed by atoms with van der Waals surface area (Å²) >= 11 is 0. The van der Waals surface area contributed by atoms with Crippen LogP contribution in [0.2, 0.25) is 0 Å². The number of benzene rings is 2. The second-order valence-corrected chi connectivity index (χ2v) is 10.1. The Morgan fingerprint density at radius 1 is 1.08 bits per heavy atom. The van der Waals surface area contributed by atoms with Crippen molar-refractivity contribution in [1.29, 1.82) is 0 Å². The van der Waals surface area contributed by atoms with Gasteiger partial charge in [0, 0.05) is 18.0 Å². The number of nitrogens with zero attached hydrogens (tertiary/aromatic N) is 4. The van der Waals surface area contributed by atoms with Crippen LogP contribution in [0.25, 0.3) is 16.6 Å². The first-order chi connectivity index (χ1) is 17.7. The fraction of sp³-hybridized carbons (Fsp3) is 0.192. The predicted molar refractivity (Wildman–Crippen MR) is 140 cm³/mol. The summed E-state index contributed by atoms with van der Waals surface area (Å²) in [6.45, 7) is 3.32. The topological polar surface area (TPSA) is 136 Å². The number of amides is 1. The number of sulfonamides is 1. The Bertz CT molecular complexity index is 1710. The maximum atomic E-state index is 13.9. The van der Waals surface area contributed by atoms with Crippen molar-refractivity contribution in [3.05, 3.63) is 94.1 Å². The molecule has 37 heavy (non-hydrogen) atoms. The van der Waals surface area contributed by atoms with Gasteiger partial charge in [0.1, 0.15) is 11.5 Å². The number of rotatable bonds is 6. The van der Waals surface area contributed by atoms with Crippen LogP contribution < -0.4 is 15.6 Å². The van der Waals surface area contributed by atoms with Gasteiger partial charge < -0.3 is 5.32 Å². The summed E-state index contributed by atoms with van der Waals surface area (Å²) < 4.78 is 26.4. The molecule has 1 amide bonds. The number of nitrogens with one attached hydrogen (secondary N) is 2. The van der Waals surface area contributed by atoms with Crippen molar-refractivity contribution in [2.45, 2.75) is 19.9 Å². The standard InChI is InChI=1S/C26H24N6O4S/c1-17-23(28-16-15-27-17)25(33)30-18(2)24-31-21-13-7-9-19(10-8-14-29-37(3,35)36)22(21)26(34)32(24)20-11-5-4-6-12-20/h4-7,9,11-13,15-16,18,29H,14H2,1-3H3,(H,30,33)/t18-/m1/s1. The summed E-state index contributed by atoms with van der Waals surface area (Å²) in [4.78, 5) is 39.8. The van der Waals surface area contributed by atoms with Gasteiger partial charge in [-0.25, -0.2) is 23.1 Å². The minimum atomic E-state index is -3.39. The summed E-state index contributed by atoms with van der Waals surface area (Å²) in [6.07, 6.45) is 3.99. The van der Waals surface area contributed by atoms with Gasteiger partial charge in [-0.15, -0.1) is 0 Å². The molecule has 2 aromatic carbocycles. The van der Waals surface area contributed by atoms with E-state index in [2.05, 4.69) is 31.8 Å². The molecule has 0 unspecified atom stereocenters. The average Bonchev–Trinajstić information content (AvgIpc) is 2.86. The number of hydrogen-bond acceptors (Lipinski definition) is 7. The van der Waals surface area contributed by atoms with Gasteiger partial charge in [-0.05, 0) is 38.1 Å². The molecule has 0 saturated carbocycles. The Kier molecular flexibility index (Phi) is 7.42. The number of fused-ring (bicyclic) bond motifs is 1. The zero-order valence-corrected chi connectivity index (χ0v) is 21.2. The molecule has 0 saturated heterocycles. The first-order valence-corrected chi connectivity index (χ1v) is 13.2. The van der Waals surface area contributed by atoms with E-state index >= 15 is 0 Å². The molecule has 188 valence electrons. The number of carbonyl (C=O) groups is 1. The Morgan fingerprint density at radius 2 is 1.81 bits per heavy atom. The highest BCUT2D eigenvalue weighted by atomic mass is 32.2. The fourth-order valence-electron chi connectivity index (χ4n) is 3.74. The maximum Gasteiger partial charge on any atom is 0.272 e. The van der Waals surface area contributed by atoms with Crippen LogP contribution in [-0.4, -0.2) is 46.6 Å². The molecule has 0 spiro atoms. The highest BCUT2D eigenvalue weighted by Crippen LogP contribution is 2.20. The largest absolute Gasteiger partial charge is 0.341 e. The number of aryl methyl sites for hydroxylation is 1. The van der Waals surface area contributed by atoms with Crippen molar-refractivity contribution < 1.29 is 13.2 Å². The van der Waals surface area contributed by atoms with Crippen molar-refractivity contribution in [3.8, 4) is 17.5 Å². The molecule has 4 aromatic rings. The highest BCUT2D eigenvalue weighted by Gasteiger charge is 2.22. The molecule has 0 bridgehead atoms. The third-order valence-corrected chi connectivity index (χ3v) is 6.08. The number of carbonyl (C=O) groups excluding carboxylic acids is 1. The van der Waals surface area contributed by atoms with Crippen LogP contribution in [0.15, 0.2) is 65.7 Å². The lowest BCUT2D eigenvalue weighted by molar-refractivity contribution is 0.0931. The normalized spacial score (nSPS) is 12.0. The summed E-state index contributed by atoms with van der Waals surface area (Å²) in [7, 11) is -3.39. The van der Waals surface area contributed by atoms with Gasteiger partial charge in [-0.1, -0.05) is 36.1 Å². The molecule has 4 rings (SSSR count). The minimum Gasteiger partial charge on any atom is -0.341 e. The van der Waals surface area contributed by atoms with Crippen molar-refractivity contribution in [2.75, 3.05) is 12.8 Å². The van der Waals surface area contributed by atoms with E-state index in [-0.39, 0.29) is 23.2 Å². The van der Waals surface area contributed by atoms with Crippen LogP contribution >= 0.6 is 0 Å². The summed E-state index contributed by atoms with van der Waals surface area (Å²) in [5.41, 5.74) is 1.66. The molecule has 2 N–H and O–H groups in total. The second kappa shape index (κ2) is 10.7. The minimum absolute atomic E-state index is 0.0987. The van der Waals surface area contributed by atoms with Crippen molar-refractivity contribution >= 4 is 26.8 Å². The smallest absolute Gasteiger partial charge is 0.272 e. The molecule has 0 aliphatic rings. The molecule has 2 aromatic heterocycles. The predicted octanol–water partition coefficient (Wildman–Crippen LogP) is 1.88. The highest BCUT2D eigenvalue weighted by molar-refractivity contribution is 7.88. The fourth-order valence-corrected chi connectivity index (χ4v) is 4.07. The first-order valence-electron chi connectivity index (χ1n) is 11.3. The van der Waals surface area contributed by atoms with Crippen molar-refractivity contribution in [3.63, 3.8) is 0 Å². The second-order valence-electron chi connectivity index (χ2n) is 8.23. The van der Waals surface area contributed by atoms with Crippen LogP contribution in [0.1, 0.15) is 40.5 Å². The zero-order valence-electron chi connectivity index (χ0n) is 20.4. The van der Waals surface area contributed by atoms with Crippen LogP contribution in [0.4, 0.5) is 0 Å². The molecular weight excluding hydrogens is 492 g/mol. The van der Waals surface area contributed by atoms with E-state index in [9.17, 15) is 18.0 Å². The Balaban J connectivity index is 1.83. The lowest BCUT2D eigenvalue weighted by Crippen LogP contribution is -2.34. The van der Waals surface area contributed by atoms with Gasteiger partial charge >= 0.3 is 0 Å². The Morgan fingerprint density at radius 3 is 2.51 bits per heavy atom. The third kappa shape index (κ3) is 5.88. The van der Waals surface area contributed by atoms with E-state index in [1.165, 1.54) is 17.0 Å². The molecule has 2 heterocycles. The van der Waals surface area contributed by atoms with Crippen LogP contribution in [0.5, 0.6) is 0 Å². The van der Waals surface area contributed by atoms with E-state index in [1.54, 1.807) is 56.3 Å². The lowest BCUT2D eigenvalue weighted by atomic mass is 10.1. The molecule has 0 aliphatic carbocycles. The monoisotopic (exact) mass is 516 g/mol. The van der Waals surface area contributed by atoms with Crippen LogP contribution in [-0.2, 0) is 10.0 Å². The number of aromatic nitrogens is 4. The van der Waals surface area contributed by atoms with E-state index in [0.717, 1.165) is 6.26 Å². The quantitative estimate of drug-likeness (QED) is 0.374. The molecule has 0 fully saturated rings. The average molecular weight is 517 g/mol.